The molecule has 9 nitrogen and oxygen atoms in total. The zero-order chi connectivity index (χ0) is 25.6. The van der Waals surface area contributed by atoms with Gasteiger partial charge in [0.25, 0.3) is 0 Å². The molecule has 1 saturated carbocycles. The van der Waals surface area contributed by atoms with Gasteiger partial charge in [0.1, 0.15) is 11.6 Å². The van der Waals surface area contributed by atoms with Crippen molar-refractivity contribution in [3.05, 3.63) is 29.8 Å². The Hall–Kier alpha value is -2.81. The van der Waals surface area contributed by atoms with Crippen LogP contribution in [0.15, 0.2) is 24.3 Å². The Kier molecular flexibility index (Phi) is 8.99. The Balaban J connectivity index is 1.59. The summed E-state index contributed by atoms with van der Waals surface area (Å²) in [5, 5.41) is 9.69. The molecule has 1 saturated heterocycles. The molecule has 2 aliphatic rings. The van der Waals surface area contributed by atoms with E-state index in [0.717, 1.165) is 37.2 Å². The molecule has 0 radical (unpaired) electrons. The number of anilines is 1. The lowest BCUT2D eigenvalue weighted by Gasteiger charge is -2.30. The molecule has 1 aliphatic carbocycles. The molecule has 9 heteroatoms. The highest BCUT2D eigenvalue weighted by Crippen LogP contribution is 2.35. The fourth-order valence-corrected chi connectivity index (χ4v) is 3.99. The second-order valence-electron chi connectivity index (χ2n) is 10.4. The van der Waals surface area contributed by atoms with Crippen LogP contribution >= 0.6 is 0 Å². The van der Waals surface area contributed by atoms with Crippen molar-refractivity contribution < 1.29 is 33.7 Å². The molecule has 194 valence electrons. The summed E-state index contributed by atoms with van der Waals surface area (Å²) in [4.78, 5) is 40.9. The van der Waals surface area contributed by atoms with Crippen molar-refractivity contribution in [3.8, 4) is 0 Å². The van der Waals surface area contributed by atoms with Crippen molar-refractivity contribution >= 4 is 23.7 Å². The van der Waals surface area contributed by atoms with Crippen molar-refractivity contribution in [1.29, 1.82) is 0 Å². The lowest BCUT2D eigenvalue weighted by Crippen LogP contribution is -2.47. The van der Waals surface area contributed by atoms with Crippen LogP contribution in [0, 0.1) is 5.92 Å². The Morgan fingerprint density at radius 2 is 1.77 bits per heavy atom. The zero-order valence-corrected chi connectivity index (χ0v) is 21.2. The predicted molar refractivity (Wildman–Crippen MR) is 130 cm³/mol. The Bertz CT molecular complexity index is 871. The second-order valence-corrected chi connectivity index (χ2v) is 10.4. The third-order valence-corrected chi connectivity index (χ3v) is 6.22. The van der Waals surface area contributed by atoms with Gasteiger partial charge in [0.05, 0.1) is 13.2 Å². The van der Waals surface area contributed by atoms with E-state index in [1.807, 2.05) is 24.3 Å². The first-order chi connectivity index (χ1) is 16.5. The van der Waals surface area contributed by atoms with Crippen molar-refractivity contribution in [2.24, 2.45) is 5.92 Å². The van der Waals surface area contributed by atoms with Gasteiger partial charge in [-0.1, -0.05) is 25.0 Å². The van der Waals surface area contributed by atoms with Crippen LogP contribution in [-0.2, 0) is 30.2 Å². The summed E-state index contributed by atoms with van der Waals surface area (Å²) in [7, 11) is 1.49. The summed E-state index contributed by atoms with van der Waals surface area (Å²) in [6.07, 6.45) is 1.06. The molecule has 2 fully saturated rings. The molecule has 0 unspecified atom stereocenters. The topological polar surface area (TPSA) is 106 Å². The molecular formula is C26H38N2O7. The molecule has 35 heavy (non-hydrogen) atoms. The normalized spacial score (nSPS) is 17.9. The molecule has 1 N–H and O–H groups in total. The number of morpholine rings is 1. The molecule has 1 heterocycles. The second kappa shape index (κ2) is 11.7. The third-order valence-electron chi connectivity index (χ3n) is 6.22. The van der Waals surface area contributed by atoms with Crippen LogP contribution in [0.4, 0.5) is 10.5 Å². The average Bonchev–Trinajstić information content (AvgIpc) is 3.63. The quantitative estimate of drug-likeness (QED) is 0.497. The van der Waals surface area contributed by atoms with Crippen molar-refractivity contribution in [3.63, 3.8) is 0 Å². The molecule has 1 aromatic rings. The molecular weight excluding hydrogens is 452 g/mol. The largest absolute Gasteiger partial charge is 0.479 e. The van der Waals surface area contributed by atoms with E-state index in [2.05, 4.69) is 4.90 Å². The fourth-order valence-electron chi connectivity index (χ4n) is 3.99. The monoisotopic (exact) mass is 490 g/mol. The van der Waals surface area contributed by atoms with Crippen molar-refractivity contribution in [1.82, 2.24) is 4.90 Å². The van der Waals surface area contributed by atoms with E-state index in [9.17, 15) is 19.5 Å². The maximum Gasteiger partial charge on any atom is 0.410 e. The summed E-state index contributed by atoms with van der Waals surface area (Å²) in [6.45, 7) is 8.35. The van der Waals surface area contributed by atoms with Crippen LogP contribution < -0.4 is 4.90 Å². The summed E-state index contributed by atoms with van der Waals surface area (Å²) in [6, 6.07) is 7.09. The highest BCUT2D eigenvalue weighted by Gasteiger charge is 2.38. The summed E-state index contributed by atoms with van der Waals surface area (Å²) < 4.78 is 16.2. The molecule has 1 aliphatic heterocycles. The van der Waals surface area contributed by atoms with Crippen LogP contribution in [0.2, 0.25) is 0 Å². The van der Waals surface area contributed by atoms with Gasteiger partial charge in [-0.15, -0.1) is 0 Å². The summed E-state index contributed by atoms with van der Waals surface area (Å²) in [5.41, 5.74) is 1.36. The number of ether oxygens (including phenoxy) is 3. The first-order valence-electron chi connectivity index (χ1n) is 12.3. The number of amides is 1. The fraction of sp³-hybridized carbons (Fsp3) is 0.654. The number of esters is 1. The van der Waals surface area contributed by atoms with Gasteiger partial charge >= 0.3 is 18.0 Å². The number of aryl methyl sites for hydroxylation is 1. The van der Waals surface area contributed by atoms with Gasteiger partial charge in [-0.25, -0.2) is 14.4 Å². The first-order valence-corrected chi connectivity index (χ1v) is 12.3. The third kappa shape index (κ3) is 8.42. The van der Waals surface area contributed by atoms with Crippen LogP contribution in [0.25, 0.3) is 0 Å². The average molecular weight is 491 g/mol. The number of carbonyl (C=O) groups excluding carboxylic acids is 2. The number of carboxylic acids is 1. The molecule has 2 atom stereocenters. The number of benzene rings is 1. The predicted octanol–water partition coefficient (Wildman–Crippen LogP) is 3.49. The molecule has 0 aromatic heterocycles. The number of carboxylic acid groups (broad SMARTS) is 1. The van der Waals surface area contributed by atoms with E-state index in [1.165, 1.54) is 11.9 Å². The van der Waals surface area contributed by atoms with E-state index >= 15 is 0 Å². The van der Waals surface area contributed by atoms with Crippen LogP contribution in [-0.4, -0.2) is 79.1 Å². The van der Waals surface area contributed by atoms with E-state index in [1.54, 1.807) is 20.8 Å². The molecule has 0 spiro atoms. The van der Waals surface area contributed by atoms with Gasteiger partial charge in [-0.05, 0) is 63.6 Å². The summed E-state index contributed by atoms with van der Waals surface area (Å²) >= 11 is 0. The minimum atomic E-state index is -1.30. The first kappa shape index (κ1) is 26.8. The van der Waals surface area contributed by atoms with Crippen LogP contribution in [0.3, 0.4) is 0 Å². The zero-order valence-electron chi connectivity index (χ0n) is 21.2. The van der Waals surface area contributed by atoms with E-state index in [4.69, 9.17) is 14.2 Å². The van der Waals surface area contributed by atoms with E-state index < -0.39 is 35.8 Å². The number of nitrogens with zero attached hydrogens (tertiary/aromatic N) is 2. The molecule has 1 amide bonds. The van der Waals surface area contributed by atoms with E-state index in [0.29, 0.717) is 32.0 Å². The molecule has 0 bridgehead atoms. The number of rotatable bonds is 10. The van der Waals surface area contributed by atoms with Crippen LogP contribution in [0.5, 0.6) is 0 Å². The lowest BCUT2D eigenvalue weighted by molar-refractivity contribution is -0.168. The summed E-state index contributed by atoms with van der Waals surface area (Å²) in [5.74, 6) is -1.58. The lowest BCUT2D eigenvalue weighted by atomic mass is 10.1. The van der Waals surface area contributed by atoms with E-state index in [-0.39, 0.29) is 6.42 Å². The molecule has 3 rings (SSSR count). The number of hydrogen-bond donors (Lipinski definition) is 1. The highest BCUT2D eigenvalue weighted by atomic mass is 16.6. The van der Waals surface area contributed by atoms with Gasteiger partial charge in [-0.2, -0.15) is 0 Å². The minimum Gasteiger partial charge on any atom is -0.479 e. The van der Waals surface area contributed by atoms with Crippen molar-refractivity contribution in [2.45, 2.75) is 70.6 Å². The number of aliphatic carboxylic acids is 1. The minimum absolute atomic E-state index is 0.143. The molecule has 1 aromatic carbocycles. The Labute approximate surface area is 207 Å². The van der Waals surface area contributed by atoms with Gasteiger partial charge in [-0.3, -0.25) is 4.90 Å². The smallest absolute Gasteiger partial charge is 0.410 e. The maximum atomic E-state index is 13.0. The highest BCUT2D eigenvalue weighted by molar-refractivity contribution is 5.84. The van der Waals surface area contributed by atoms with Gasteiger partial charge < -0.3 is 24.2 Å². The van der Waals surface area contributed by atoms with Crippen molar-refractivity contribution in [2.75, 3.05) is 38.3 Å². The van der Waals surface area contributed by atoms with Gasteiger partial charge in [0.15, 0.2) is 6.10 Å². The van der Waals surface area contributed by atoms with Crippen LogP contribution in [0.1, 0.15) is 52.0 Å². The maximum absolute atomic E-state index is 13.0. The Morgan fingerprint density at radius 1 is 1.14 bits per heavy atom. The number of likely N-dealkylation sites (N-methyl/N-ethyl adjacent to an activating group) is 1. The van der Waals surface area contributed by atoms with Gasteiger partial charge in [0, 0.05) is 25.8 Å². The number of carbonyl (C=O) groups is 3. The SMILES string of the molecule is CN(C(=O)OC(C)(C)C)[C@@H](CC1CC1)C(=O)O[C@H](CCc1ccc(N2CCOCC2)cc1)C(=O)O. The number of hydrogen-bond acceptors (Lipinski definition) is 7. The Morgan fingerprint density at radius 3 is 2.31 bits per heavy atom. The standard InChI is InChI=1S/C26H38N2O7/c1-26(2,3)35-25(32)27(4)21(17-19-5-6-19)24(31)34-22(23(29)30)12-9-18-7-10-20(11-8-18)28-13-15-33-16-14-28/h7-8,10-11,19,21-22H,5-6,9,12-17H2,1-4H3,(H,29,30)/t21-,22+/m0/s1. The van der Waals surface area contributed by atoms with Gasteiger partial charge in [0.2, 0.25) is 0 Å².